The lowest BCUT2D eigenvalue weighted by molar-refractivity contribution is 1.59. The van der Waals surface area contributed by atoms with Crippen molar-refractivity contribution in [2.24, 2.45) is 0 Å². The van der Waals surface area contributed by atoms with E-state index in [2.05, 4.69) is 158 Å². The van der Waals surface area contributed by atoms with E-state index in [0.717, 1.165) is 0 Å². The summed E-state index contributed by atoms with van der Waals surface area (Å²) < 4.78 is 0. The molecule has 0 spiro atoms. The van der Waals surface area contributed by atoms with Gasteiger partial charge in [0.05, 0.1) is 0 Å². The first kappa shape index (κ1) is 23.8. The molecule has 0 nitrogen and oxygen atoms in total. The van der Waals surface area contributed by atoms with Crippen molar-refractivity contribution in [3.05, 3.63) is 158 Å². The molecule has 202 valence electrons. The zero-order chi connectivity index (χ0) is 28.8. The van der Waals surface area contributed by atoms with Crippen LogP contribution in [0.3, 0.4) is 0 Å². The first-order valence-corrected chi connectivity index (χ1v) is 15.4. The summed E-state index contributed by atoms with van der Waals surface area (Å²) in [5, 5.41) is 15.8. The standard InChI is InChI=1S/C44H26/c1-2-6-27(7-3-1)34-20-23-36(35-21-16-32-14-12-28-8-4-10-30-18-24-38(35)43(32)41(28)30)40(26-34)37-22-17-33-15-13-29-9-5-11-31-19-25-39(37)44(33)42(29)31/h1-26H. The molecular weight excluding hydrogens is 528 g/mol. The van der Waals surface area contributed by atoms with Crippen molar-refractivity contribution in [3.8, 4) is 33.4 Å². The number of hydrogen-bond donors (Lipinski definition) is 0. The fourth-order valence-electron chi connectivity index (χ4n) is 7.75. The summed E-state index contributed by atoms with van der Waals surface area (Å²) in [6.07, 6.45) is 0. The second-order valence-corrected chi connectivity index (χ2v) is 12.1. The van der Waals surface area contributed by atoms with E-state index in [1.165, 1.54) is 98.0 Å². The molecule has 10 aromatic rings. The van der Waals surface area contributed by atoms with E-state index in [-0.39, 0.29) is 0 Å². The Morgan fingerprint density at radius 3 is 1.20 bits per heavy atom. The molecule has 0 atom stereocenters. The van der Waals surface area contributed by atoms with Gasteiger partial charge < -0.3 is 0 Å². The minimum Gasteiger partial charge on any atom is -0.0622 e. The van der Waals surface area contributed by atoms with Gasteiger partial charge in [0.2, 0.25) is 0 Å². The minimum absolute atomic E-state index is 1.23. The van der Waals surface area contributed by atoms with Crippen LogP contribution in [0.25, 0.3) is 98.0 Å². The van der Waals surface area contributed by atoms with Gasteiger partial charge in [-0.1, -0.05) is 152 Å². The molecule has 0 radical (unpaired) electrons. The van der Waals surface area contributed by atoms with E-state index >= 15 is 0 Å². The topological polar surface area (TPSA) is 0 Å². The highest BCUT2D eigenvalue weighted by molar-refractivity contribution is 6.28. The Labute approximate surface area is 255 Å². The molecule has 0 heterocycles. The smallest absolute Gasteiger partial charge is 0.00206 e. The minimum atomic E-state index is 1.23. The molecule has 0 N–H and O–H groups in total. The van der Waals surface area contributed by atoms with E-state index in [0.29, 0.717) is 0 Å². The summed E-state index contributed by atoms with van der Waals surface area (Å²) in [5.74, 6) is 0. The van der Waals surface area contributed by atoms with E-state index in [1.807, 2.05) is 0 Å². The van der Waals surface area contributed by atoms with Gasteiger partial charge in [-0.05, 0) is 104 Å². The van der Waals surface area contributed by atoms with Crippen molar-refractivity contribution in [2.75, 3.05) is 0 Å². The van der Waals surface area contributed by atoms with Crippen LogP contribution < -0.4 is 0 Å². The molecule has 0 unspecified atom stereocenters. The quantitative estimate of drug-likeness (QED) is 0.191. The van der Waals surface area contributed by atoms with Gasteiger partial charge in [-0.2, -0.15) is 0 Å². The molecule has 0 saturated carbocycles. The molecule has 0 aliphatic carbocycles. The zero-order valence-corrected chi connectivity index (χ0v) is 24.0. The summed E-state index contributed by atoms with van der Waals surface area (Å²) in [5.41, 5.74) is 7.53. The van der Waals surface area contributed by atoms with Crippen LogP contribution in [0, 0.1) is 0 Å². The molecule has 0 fully saturated rings. The molecule has 44 heavy (non-hydrogen) atoms. The molecule has 0 aromatic heterocycles. The molecule has 0 aliphatic heterocycles. The summed E-state index contributed by atoms with van der Waals surface area (Å²) in [4.78, 5) is 0. The van der Waals surface area contributed by atoms with Crippen LogP contribution in [0.1, 0.15) is 0 Å². The van der Waals surface area contributed by atoms with E-state index < -0.39 is 0 Å². The second kappa shape index (κ2) is 8.89. The number of hydrogen-bond acceptors (Lipinski definition) is 0. The number of benzene rings is 10. The summed E-state index contributed by atoms with van der Waals surface area (Å²) in [6.45, 7) is 0. The molecule has 0 bridgehead atoms. The van der Waals surface area contributed by atoms with Crippen LogP contribution in [-0.4, -0.2) is 0 Å². The van der Waals surface area contributed by atoms with Gasteiger partial charge in [-0.15, -0.1) is 0 Å². The van der Waals surface area contributed by atoms with Gasteiger partial charge in [0, 0.05) is 0 Å². The van der Waals surface area contributed by atoms with Crippen molar-refractivity contribution in [3.63, 3.8) is 0 Å². The Balaban J connectivity index is 1.33. The predicted molar refractivity (Wildman–Crippen MR) is 190 cm³/mol. The Morgan fingerprint density at radius 1 is 0.227 bits per heavy atom. The van der Waals surface area contributed by atoms with Crippen molar-refractivity contribution in [1.29, 1.82) is 0 Å². The van der Waals surface area contributed by atoms with Crippen LogP contribution in [0.2, 0.25) is 0 Å². The highest BCUT2D eigenvalue weighted by Crippen LogP contribution is 2.46. The van der Waals surface area contributed by atoms with Gasteiger partial charge >= 0.3 is 0 Å². The lowest BCUT2D eigenvalue weighted by atomic mass is 9.84. The van der Waals surface area contributed by atoms with Gasteiger partial charge in [0.1, 0.15) is 0 Å². The lowest BCUT2D eigenvalue weighted by Gasteiger charge is -2.19. The van der Waals surface area contributed by atoms with Crippen molar-refractivity contribution in [1.82, 2.24) is 0 Å². The molecule has 0 amide bonds. The summed E-state index contributed by atoms with van der Waals surface area (Å²) in [6, 6.07) is 58.7. The van der Waals surface area contributed by atoms with Gasteiger partial charge in [-0.3, -0.25) is 0 Å². The summed E-state index contributed by atoms with van der Waals surface area (Å²) in [7, 11) is 0. The lowest BCUT2D eigenvalue weighted by Crippen LogP contribution is -1.92. The van der Waals surface area contributed by atoms with Crippen LogP contribution in [0.5, 0.6) is 0 Å². The molecule has 0 aliphatic rings. The van der Waals surface area contributed by atoms with Crippen LogP contribution >= 0.6 is 0 Å². The third-order valence-corrected chi connectivity index (χ3v) is 9.76. The monoisotopic (exact) mass is 554 g/mol. The van der Waals surface area contributed by atoms with Crippen LogP contribution in [-0.2, 0) is 0 Å². The van der Waals surface area contributed by atoms with E-state index in [4.69, 9.17) is 0 Å². The second-order valence-electron chi connectivity index (χ2n) is 12.1. The average molecular weight is 555 g/mol. The molecule has 0 heteroatoms. The van der Waals surface area contributed by atoms with Crippen LogP contribution in [0.15, 0.2) is 158 Å². The maximum absolute atomic E-state index is 2.41. The number of rotatable bonds is 3. The Hall–Kier alpha value is -5.72. The zero-order valence-electron chi connectivity index (χ0n) is 24.0. The van der Waals surface area contributed by atoms with Crippen molar-refractivity contribution in [2.45, 2.75) is 0 Å². The van der Waals surface area contributed by atoms with Gasteiger partial charge in [0.25, 0.3) is 0 Å². The maximum atomic E-state index is 2.41. The van der Waals surface area contributed by atoms with E-state index in [1.54, 1.807) is 0 Å². The Morgan fingerprint density at radius 2 is 0.659 bits per heavy atom. The molecular formula is C44H26. The highest BCUT2D eigenvalue weighted by atomic mass is 14.2. The molecule has 0 saturated heterocycles. The van der Waals surface area contributed by atoms with Gasteiger partial charge in [-0.25, -0.2) is 0 Å². The van der Waals surface area contributed by atoms with E-state index in [9.17, 15) is 0 Å². The average Bonchev–Trinajstić information content (AvgIpc) is 3.10. The first-order valence-electron chi connectivity index (χ1n) is 15.4. The normalized spacial score (nSPS) is 12.1. The first-order chi connectivity index (χ1) is 21.8. The maximum Gasteiger partial charge on any atom is -0.00206 e. The van der Waals surface area contributed by atoms with Crippen LogP contribution in [0.4, 0.5) is 0 Å². The van der Waals surface area contributed by atoms with Gasteiger partial charge in [0.15, 0.2) is 0 Å². The molecule has 10 rings (SSSR count). The Kier molecular flexibility index (Phi) is 4.81. The fraction of sp³-hybridized carbons (Fsp3) is 0. The van der Waals surface area contributed by atoms with Crippen molar-refractivity contribution < 1.29 is 0 Å². The summed E-state index contributed by atoms with van der Waals surface area (Å²) >= 11 is 0. The third kappa shape index (κ3) is 3.28. The largest absolute Gasteiger partial charge is 0.0622 e. The highest BCUT2D eigenvalue weighted by Gasteiger charge is 2.18. The Bertz CT molecular complexity index is 2660. The fourth-order valence-corrected chi connectivity index (χ4v) is 7.75. The van der Waals surface area contributed by atoms with Crippen molar-refractivity contribution >= 4 is 64.6 Å². The predicted octanol–water partition coefficient (Wildman–Crippen LogP) is 12.5. The molecule has 10 aromatic carbocycles. The third-order valence-electron chi connectivity index (χ3n) is 9.76. The SMILES string of the molecule is c1ccc(-c2ccc(-c3ccc4ccc5cccc6ccc3c4c56)c(-c3ccc4ccc5cccc6ccc3c4c56)c2)cc1.